The van der Waals surface area contributed by atoms with Gasteiger partial charge in [-0.2, -0.15) is 0 Å². The maximum atomic E-state index is 12.3. The Morgan fingerprint density at radius 2 is 1.81 bits per heavy atom. The summed E-state index contributed by atoms with van der Waals surface area (Å²) in [5.41, 5.74) is 8.96. The molecule has 2 aromatic heterocycles. The molecule has 190 valence electrons. The second-order valence-corrected chi connectivity index (χ2v) is 10.9. The maximum Gasteiger partial charge on any atom is 0.407 e. The fraction of sp³-hybridized carbons (Fsp3) is 0.400. The van der Waals surface area contributed by atoms with Gasteiger partial charge in [-0.25, -0.2) is 9.78 Å². The number of hydrogen-bond acceptors (Lipinski definition) is 3. The lowest BCUT2D eigenvalue weighted by Crippen LogP contribution is -2.33. The quantitative estimate of drug-likeness (QED) is 0.318. The molecule has 2 N–H and O–H groups in total. The number of ether oxygens (including phenoxy) is 1. The predicted molar refractivity (Wildman–Crippen MR) is 147 cm³/mol. The number of H-pyrrole nitrogens is 1. The van der Waals surface area contributed by atoms with Gasteiger partial charge in [0.1, 0.15) is 11.4 Å². The molecule has 0 saturated heterocycles. The average Bonchev–Trinajstić information content (AvgIpc) is 3.32. The van der Waals surface area contributed by atoms with E-state index in [-0.39, 0.29) is 5.92 Å². The number of aromatic amines is 1. The van der Waals surface area contributed by atoms with Crippen molar-refractivity contribution in [1.29, 1.82) is 0 Å². The van der Waals surface area contributed by atoms with Gasteiger partial charge in [0.2, 0.25) is 0 Å². The van der Waals surface area contributed by atoms with E-state index < -0.39 is 11.7 Å². The van der Waals surface area contributed by atoms with E-state index in [4.69, 9.17) is 4.74 Å². The minimum absolute atomic E-state index is 0.140. The SMILES string of the molecule is Cc1cc(C)cc(-c2c(CCNC(=O)OC(C)(C)C)c3cc(C(C)c4ncc(C)[nH]4)ccc3n2C)c1. The van der Waals surface area contributed by atoms with Gasteiger partial charge in [-0.05, 0) is 88.9 Å². The topological polar surface area (TPSA) is 71.9 Å². The summed E-state index contributed by atoms with van der Waals surface area (Å²) in [5.74, 6) is 1.10. The third-order valence-corrected chi connectivity index (χ3v) is 6.50. The highest BCUT2D eigenvalue weighted by molar-refractivity contribution is 5.92. The van der Waals surface area contributed by atoms with E-state index in [0.29, 0.717) is 13.0 Å². The molecule has 0 spiro atoms. The molecule has 0 fully saturated rings. The van der Waals surface area contributed by atoms with Gasteiger partial charge in [0.15, 0.2) is 0 Å². The summed E-state index contributed by atoms with van der Waals surface area (Å²) >= 11 is 0. The number of imidazole rings is 1. The van der Waals surface area contributed by atoms with E-state index in [1.54, 1.807) is 0 Å². The zero-order chi connectivity index (χ0) is 26.2. The van der Waals surface area contributed by atoms with E-state index in [1.165, 1.54) is 44.4 Å². The second-order valence-electron chi connectivity index (χ2n) is 10.9. The molecule has 0 radical (unpaired) electrons. The Bertz CT molecular complexity index is 1380. The van der Waals surface area contributed by atoms with Gasteiger partial charge in [0.05, 0.1) is 5.69 Å². The Balaban J connectivity index is 1.77. The number of nitrogens with zero attached hydrogens (tertiary/aromatic N) is 2. The number of carbonyl (C=O) groups is 1. The molecule has 36 heavy (non-hydrogen) atoms. The number of fused-ring (bicyclic) bond motifs is 1. The van der Waals surface area contributed by atoms with E-state index in [1.807, 2.05) is 33.9 Å². The normalized spacial score (nSPS) is 12.7. The van der Waals surface area contributed by atoms with Crippen LogP contribution in [0.15, 0.2) is 42.6 Å². The van der Waals surface area contributed by atoms with Crippen LogP contribution in [-0.2, 0) is 18.2 Å². The van der Waals surface area contributed by atoms with Crippen molar-refractivity contribution in [1.82, 2.24) is 19.9 Å². The smallest absolute Gasteiger partial charge is 0.407 e. The molecule has 0 bridgehead atoms. The molecule has 2 aromatic carbocycles. The molecule has 6 heteroatoms. The van der Waals surface area contributed by atoms with Crippen molar-refractivity contribution >= 4 is 17.0 Å². The third kappa shape index (κ3) is 5.48. The minimum Gasteiger partial charge on any atom is -0.444 e. The average molecular weight is 487 g/mol. The minimum atomic E-state index is -0.525. The van der Waals surface area contributed by atoms with Crippen LogP contribution in [0.4, 0.5) is 4.79 Å². The number of carbonyl (C=O) groups excluding carboxylic acids is 1. The predicted octanol–water partition coefficient (Wildman–Crippen LogP) is 6.71. The Morgan fingerprint density at radius 1 is 1.11 bits per heavy atom. The van der Waals surface area contributed by atoms with Crippen LogP contribution in [0.5, 0.6) is 0 Å². The lowest BCUT2D eigenvalue weighted by Gasteiger charge is -2.19. The number of aromatic nitrogens is 3. The van der Waals surface area contributed by atoms with Crippen LogP contribution >= 0.6 is 0 Å². The van der Waals surface area contributed by atoms with Crippen LogP contribution in [0.25, 0.3) is 22.2 Å². The van der Waals surface area contributed by atoms with Crippen molar-refractivity contribution in [2.45, 2.75) is 66.4 Å². The van der Waals surface area contributed by atoms with Gasteiger partial charge in [-0.1, -0.05) is 30.2 Å². The molecular formula is C30H38N4O2. The third-order valence-electron chi connectivity index (χ3n) is 6.50. The van der Waals surface area contributed by atoms with Crippen LogP contribution in [0.3, 0.4) is 0 Å². The highest BCUT2D eigenvalue weighted by atomic mass is 16.6. The summed E-state index contributed by atoms with van der Waals surface area (Å²) in [5, 5.41) is 4.14. The number of amides is 1. The zero-order valence-corrected chi connectivity index (χ0v) is 22.7. The number of rotatable bonds is 6. The van der Waals surface area contributed by atoms with Crippen molar-refractivity contribution in [2.75, 3.05) is 6.54 Å². The van der Waals surface area contributed by atoms with Crippen LogP contribution < -0.4 is 5.32 Å². The molecule has 0 aliphatic rings. The first kappa shape index (κ1) is 25.5. The van der Waals surface area contributed by atoms with Crippen LogP contribution in [0.2, 0.25) is 0 Å². The fourth-order valence-electron chi connectivity index (χ4n) is 4.95. The van der Waals surface area contributed by atoms with Crippen molar-refractivity contribution in [3.05, 3.63) is 76.4 Å². The Hall–Kier alpha value is -3.54. The molecule has 1 unspecified atom stereocenters. The fourth-order valence-corrected chi connectivity index (χ4v) is 4.95. The first-order chi connectivity index (χ1) is 16.9. The molecule has 0 aliphatic carbocycles. The summed E-state index contributed by atoms with van der Waals surface area (Å²) in [6.07, 6.45) is 2.17. The van der Waals surface area contributed by atoms with Gasteiger partial charge < -0.3 is 19.6 Å². The molecule has 1 atom stereocenters. The molecular weight excluding hydrogens is 448 g/mol. The summed E-state index contributed by atoms with van der Waals surface area (Å²) in [4.78, 5) is 20.3. The van der Waals surface area contributed by atoms with E-state index in [2.05, 4.69) is 84.1 Å². The van der Waals surface area contributed by atoms with E-state index in [9.17, 15) is 4.79 Å². The standard InChI is InChI=1S/C30H38N4O2/c1-18-13-19(2)15-23(14-18)27-24(11-12-31-29(35)36-30(5,6)7)25-16-22(9-10-26(25)34(27)8)21(4)28-32-17-20(3)33-28/h9-10,13-17,21H,11-12H2,1-8H3,(H,31,35)(H,32,33). The van der Waals surface area contributed by atoms with Crippen LogP contribution in [0.1, 0.15) is 67.4 Å². The zero-order valence-electron chi connectivity index (χ0n) is 22.7. The van der Waals surface area contributed by atoms with Crippen molar-refractivity contribution < 1.29 is 9.53 Å². The maximum absolute atomic E-state index is 12.3. The molecule has 4 aromatic rings. The number of alkyl carbamates (subject to hydrolysis) is 1. The highest BCUT2D eigenvalue weighted by Crippen LogP contribution is 2.36. The first-order valence-corrected chi connectivity index (χ1v) is 12.6. The monoisotopic (exact) mass is 486 g/mol. The summed E-state index contributed by atoms with van der Waals surface area (Å²) in [7, 11) is 2.12. The van der Waals surface area contributed by atoms with Crippen LogP contribution in [-0.4, -0.2) is 32.8 Å². The summed E-state index contributed by atoms with van der Waals surface area (Å²) < 4.78 is 7.73. The highest BCUT2D eigenvalue weighted by Gasteiger charge is 2.21. The van der Waals surface area contributed by atoms with Crippen molar-refractivity contribution in [3.63, 3.8) is 0 Å². The lowest BCUT2D eigenvalue weighted by molar-refractivity contribution is 0.0528. The van der Waals surface area contributed by atoms with Gasteiger partial charge >= 0.3 is 6.09 Å². The van der Waals surface area contributed by atoms with Gasteiger partial charge in [0, 0.05) is 42.3 Å². The number of benzene rings is 2. The molecule has 0 saturated carbocycles. The van der Waals surface area contributed by atoms with Gasteiger partial charge in [-0.15, -0.1) is 0 Å². The van der Waals surface area contributed by atoms with Crippen molar-refractivity contribution in [3.8, 4) is 11.3 Å². The van der Waals surface area contributed by atoms with Crippen LogP contribution in [0, 0.1) is 20.8 Å². The van der Waals surface area contributed by atoms with Crippen molar-refractivity contribution in [2.24, 2.45) is 7.05 Å². The molecule has 2 heterocycles. The molecule has 4 rings (SSSR count). The van der Waals surface area contributed by atoms with Gasteiger partial charge in [-0.3, -0.25) is 0 Å². The largest absolute Gasteiger partial charge is 0.444 e. The Kier molecular flexibility index (Phi) is 6.98. The summed E-state index contributed by atoms with van der Waals surface area (Å²) in [6, 6.07) is 13.4. The number of hydrogen-bond donors (Lipinski definition) is 2. The molecule has 0 aliphatic heterocycles. The summed E-state index contributed by atoms with van der Waals surface area (Å²) in [6.45, 7) is 14.6. The molecule has 6 nitrogen and oxygen atoms in total. The van der Waals surface area contributed by atoms with E-state index >= 15 is 0 Å². The molecule has 1 amide bonds. The lowest BCUT2D eigenvalue weighted by atomic mass is 9.95. The Labute approximate surface area is 214 Å². The number of nitrogens with one attached hydrogen (secondary N) is 2. The second kappa shape index (κ2) is 9.84. The van der Waals surface area contributed by atoms with Gasteiger partial charge in [0.25, 0.3) is 0 Å². The first-order valence-electron chi connectivity index (χ1n) is 12.6. The Morgan fingerprint density at radius 3 is 2.42 bits per heavy atom. The number of aryl methyl sites for hydroxylation is 4. The van der Waals surface area contributed by atoms with E-state index in [0.717, 1.165) is 11.5 Å².